The number of hydrogen-bond donors (Lipinski definition) is 2. The highest BCUT2D eigenvalue weighted by Gasteiger charge is 2.20. The molecule has 4 rings (SSSR count). The zero-order valence-corrected chi connectivity index (χ0v) is 13.3. The molecule has 0 saturated heterocycles. The highest BCUT2D eigenvalue weighted by molar-refractivity contribution is 7.27. The molecule has 3 aromatic rings. The van der Waals surface area contributed by atoms with Gasteiger partial charge in [-0.2, -0.15) is 5.10 Å². The average Bonchev–Trinajstić information content (AvgIpc) is 2.91. The quantitative estimate of drug-likeness (QED) is 0.678. The number of benzene rings is 1. The lowest BCUT2D eigenvalue weighted by Crippen LogP contribution is -2.16. The summed E-state index contributed by atoms with van der Waals surface area (Å²) in [4.78, 5) is 4.79. The molecule has 0 bridgehead atoms. The van der Waals surface area contributed by atoms with Crippen LogP contribution < -0.4 is 10.6 Å². The number of aromatic nitrogens is 3. The van der Waals surface area contributed by atoms with E-state index in [9.17, 15) is 4.39 Å². The number of aromatic amines is 1. The van der Waals surface area contributed by atoms with E-state index in [-0.39, 0.29) is 5.82 Å². The smallest absolute Gasteiger partial charge is 0.132 e. The predicted octanol–water partition coefficient (Wildman–Crippen LogP) is 3.18. The van der Waals surface area contributed by atoms with Gasteiger partial charge in [0.1, 0.15) is 11.5 Å². The summed E-state index contributed by atoms with van der Waals surface area (Å²) in [5.41, 5.74) is 4.44. The van der Waals surface area contributed by atoms with Gasteiger partial charge in [-0.25, -0.2) is 9.37 Å². The number of H-pyrrole nitrogens is 1. The second-order valence-electron chi connectivity index (χ2n) is 5.74. The average molecular weight is 314 g/mol. The van der Waals surface area contributed by atoms with Crippen LogP contribution in [0.5, 0.6) is 0 Å². The predicted molar refractivity (Wildman–Crippen MR) is 90.1 cm³/mol. The molecule has 1 aliphatic rings. The molecule has 2 aromatic heterocycles. The minimum Gasteiger partial charge on any atom is -0.384 e. The van der Waals surface area contributed by atoms with Crippen molar-refractivity contribution < 1.29 is 4.39 Å². The molecule has 2 atom stereocenters. The van der Waals surface area contributed by atoms with Gasteiger partial charge in [0.2, 0.25) is 0 Å². The van der Waals surface area contributed by atoms with Crippen LogP contribution in [0, 0.1) is 5.82 Å². The van der Waals surface area contributed by atoms with Crippen LogP contribution in [-0.4, -0.2) is 21.7 Å². The van der Waals surface area contributed by atoms with Crippen LogP contribution in [0.1, 0.15) is 25.0 Å². The van der Waals surface area contributed by atoms with E-state index in [1.807, 2.05) is 6.07 Å². The fraction of sp³-hybridized carbons (Fsp3) is 0.250. The molecule has 1 aliphatic heterocycles. The van der Waals surface area contributed by atoms with E-state index in [0.29, 0.717) is 16.7 Å². The van der Waals surface area contributed by atoms with E-state index in [1.165, 1.54) is 6.07 Å². The fourth-order valence-electron chi connectivity index (χ4n) is 2.94. The molecule has 3 heterocycles. The van der Waals surface area contributed by atoms with Gasteiger partial charge in [0.25, 0.3) is 0 Å². The Morgan fingerprint density at radius 3 is 3.05 bits per heavy atom. The molecule has 0 spiro atoms. The first kappa shape index (κ1) is 13.6. The third-order valence-electron chi connectivity index (χ3n) is 4.21. The maximum atomic E-state index is 13.6. The number of anilines is 1. The number of nitrogens with one attached hydrogen (secondary N) is 2. The van der Waals surface area contributed by atoms with Crippen molar-refractivity contribution in [3.05, 3.63) is 35.8 Å². The van der Waals surface area contributed by atoms with Crippen LogP contribution in [0.25, 0.3) is 22.3 Å². The molecule has 0 saturated carbocycles. The second kappa shape index (κ2) is 5.03. The highest BCUT2D eigenvalue weighted by atomic mass is 31.0. The molecule has 2 N–H and O–H groups in total. The van der Waals surface area contributed by atoms with E-state index in [4.69, 9.17) is 4.98 Å². The first-order chi connectivity index (χ1) is 10.6. The standard InChI is InChI=1S/C16H16FN4P/c1-8-4-5-18-11-2-3-12(19-15(8)11)16-9-6-14(22)10(17)7-13(9)20-21-16/h2-3,6-8,18H,4-5,22H2,1H3,(H,20,21)/t8-/m1/s1. The van der Waals surface area contributed by atoms with Gasteiger partial charge in [0.15, 0.2) is 0 Å². The van der Waals surface area contributed by atoms with Gasteiger partial charge >= 0.3 is 0 Å². The Labute approximate surface area is 129 Å². The Hall–Kier alpha value is -2.00. The fourth-order valence-corrected chi connectivity index (χ4v) is 3.19. The van der Waals surface area contributed by atoms with Gasteiger partial charge in [-0.1, -0.05) is 6.92 Å². The van der Waals surface area contributed by atoms with Crippen molar-refractivity contribution in [1.29, 1.82) is 0 Å². The van der Waals surface area contributed by atoms with Gasteiger partial charge in [0, 0.05) is 29.2 Å². The Morgan fingerprint density at radius 2 is 2.18 bits per heavy atom. The van der Waals surface area contributed by atoms with Crippen molar-refractivity contribution in [1.82, 2.24) is 15.2 Å². The van der Waals surface area contributed by atoms with E-state index in [1.54, 1.807) is 6.07 Å². The van der Waals surface area contributed by atoms with E-state index >= 15 is 0 Å². The monoisotopic (exact) mass is 314 g/mol. The molecule has 4 nitrogen and oxygen atoms in total. The summed E-state index contributed by atoms with van der Waals surface area (Å²) >= 11 is 0. The van der Waals surface area contributed by atoms with Crippen molar-refractivity contribution in [3.63, 3.8) is 0 Å². The lowest BCUT2D eigenvalue weighted by atomic mass is 9.97. The Bertz CT molecular complexity index is 874. The summed E-state index contributed by atoms with van der Waals surface area (Å²) in [5, 5.41) is 12.0. The summed E-state index contributed by atoms with van der Waals surface area (Å²) in [6.45, 7) is 3.17. The summed E-state index contributed by atoms with van der Waals surface area (Å²) in [6, 6.07) is 7.28. The van der Waals surface area contributed by atoms with Crippen molar-refractivity contribution in [3.8, 4) is 11.4 Å². The third-order valence-corrected chi connectivity index (χ3v) is 4.65. The molecule has 112 valence electrons. The van der Waals surface area contributed by atoms with Gasteiger partial charge in [-0.15, -0.1) is 9.24 Å². The van der Waals surface area contributed by atoms with Gasteiger partial charge in [-0.05, 0) is 24.6 Å². The lowest BCUT2D eigenvalue weighted by molar-refractivity contribution is 0.638. The number of rotatable bonds is 1. The maximum Gasteiger partial charge on any atom is 0.132 e. The number of halogens is 1. The zero-order valence-electron chi connectivity index (χ0n) is 12.2. The van der Waals surface area contributed by atoms with E-state index < -0.39 is 0 Å². The van der Waals surface area contributed by atoms with Crippen molar-refractivity contribution in [2.45, 2.75) is 19.3 Å². The Kier molecular flexibility index (Phi) is 3.12. The van der Waals surface area contributed by atoms with Gasteiger partial charge in [0.05, 0.1) is 22.6 Å². The molecule has 6 heteroatoms. The van der Waals surface area contributed by atoms with Crippen LogP contribution in [0.15, 0.2) is 24.3 Å². The van der Waals surface area contributed by atoms with Crippen molar-refractivity contribution in [2.75, 3.05) is 11.9 Å². The first-order valence-corrected chi connectivity index (χ1v) is 7.89. The van der Waals surface area contributed by atoms with E-state index in [2.05, 4.69) is 37.7 Å². The molecule has 0 amide bonds. The molecule has 0 fully saturated rings. The highest BCUT2D eigenvalue weighted by Crippen LogP contribution is 2.33. The Morgan fingerprint density at radius 1 is 1.32 bits per heavy atom. The molecule has 22 heavy (non-hydrogen) atoms. The number of pyridine rings is 1. The van der Waals surface area contributed by atoms with Crippen LogP contribution in [0.3, 0.4) is 0 Å². The summed E-state index contributed by atoms with van der Waals surface area (Å²) in [6.07, 6.45) is 1.08. The topological polar surface area (TPSA) is 53.6 Å². The third kappa shape index (κ3) is 2.08. The zero-order chi connectivity index (χ0) is 15.3. The minimum absolute atomic E-state index is 0.260. The molecule has 0 aliphatic carbocycles. The lowest BCUT2D eigenvalue weighted by Gasteiger charge is -2.23. The molecular weight excluding hydrogens is 298 g/mol. The molecule has 1 aromatic carbocycles. The summed E-state index contributed by atoms with van der Waals surface area (Å²) < 4.78 is 13.6. The van der Waals surface area contributed by atoms with Crippen LogP contribution in [-0.2, 0) is 0 Å². The normalized spacial score (nSPS) is 17.3. The summed E-state index contributed by atoms with van der Waals surface area (Å²) in [7, 11) is 2.41. The van der Waals surface area contributed by atoms with Gasteiger partial charge < -0.3 is 5.32 Å². The van der Waals surface area contributed by atoms with Crippen LogP contribution in [0.4, 0.5) is 10.1 Å². The summed E-state index contributed by atoms with van der Waals surface area (Å²) in [5.74, 6) is 0.167. The van der Waals surface area contributed by atoms with Gasteiger partial charge in [-0.3, -0.25) is 5.10 Å². The molecular formula is C16H16FN4P. The van der Waals surface area contributed by atoms with Crippen LogP contribution in [0.2, 0.25) is 0 Å². The largest absolute Gasteiger partial charge is 0.384 e. The van der Waals surface area contributed by atoms with Crippen molar-refractivity contribution >= 4 is 31.1 Å². The van der Waals surface area contributed by atoms with Crippen LogP contribution >= 0.6 is 9.24 Å². The molecule has 0 radical (unpaired) electrons. The SMILES string of the molecule is C[C@@H]1CCNc2ccc(-c3n[nH]c4cc(F)c(P)cc34)nc21. The second-order valence-corrected chi connectivity index (χ2v) is 6.36. The number of nitrogens with zero attached hydrogens (tertiary/aromatic N) is 2. The number of hydrogen-bond acceptors (Lipinski definition) is 3. The van der Waals surface area contributed by atoms with Crippen molar-refractivity contribution in [2.24, 2.45) is 0 Å². The first-order valence-electron chi connectivity index (χ1n) is 7.32. The minimum atomic E-state index is -0.260. The molecule has 1 unspecified atom stereocenters. The Balaban J connectivity index is 1.89. The van der Waals surface area contributed by atoms with E-state index in [0.717, 1.165) is 41.1 Å². The number of fused-ring (bicyclic) bond motifs is 2. The maximum absolute atomic E-state index is 13.6.